The van der Waals surface area contributed by atoms with Crippen LogP contribution in [0.1, 0.15) is 232 Å². The molecule has 79 heavy (non-hydrogen) atoms. The number of carbonyl (C=O) groups is 1. The molecule has 12 N–H and O–H groups in total. The molecule has 0 bridgehead atoms. The van der Waals surface area contributed by atoms with Crippen LogP contribution in [0.3, 0.4) is 0 Å². The molecule has 3 aliphatic rings. The first-order chi connectivity index (χ1) is 38.3. The Labute approximate surface area is 474 Å². The van der Waals surface area contributed by atoms with Crippen LogP contribution in [0, 0.1) is 0 Å². The molecule has 3 heterocycles. The molecule has 466 valence electrons. The van der Waals surface area contributed by atoms with E-state index in [9.17, 15) is 61.0 Å². The topological polar surface area (TPSA) is 307 Å². The Hall–Kier alpha value is -1.47. The average molecular weight is 1140 g/mol. The van der Waals surface area contributed by atoms with E-state index < -0.39 is 124 Å². The summed E-state index contributed by atoms with van der Waals surface area (Å²) < 4.78 is 34.3. The molecule has 17 unspecified atom stereocenters. The average Bonchev–Trinajstić information content (AvgIpc) is 3.47. The number of ether oxygens (including phenoxy) is 6. The maximum absolute atomic E-state index is 13.4. The first kappa shape index (κ1) is 71.8. The minimum absolute atomic E-state index is 0.245. The van der Waals surface area contributed by atoms with Crippen LogP contribution in [0.25, 0.3) is 0 Å². The second-order valence-corrected chi connectivity index (χ2v) is 22.9. The van der Waals surface area contributed by atoms with E-state index in [1.807, 2.05) is 0 Å². The third-order valence-electron chi connectivity index (χ3n) is 16.1. The molecule has 0 aromatic rings. The highest BCUT2D eigenvalue weighted by atomic mass is 16.8. The Morgan fingerprint density at radius 3 is 1.23 bits per heavy atom. The summed E-state index contributed by atoms with van der Waals surface area (Å²) >= 11 is 0. The lowest BCUT2D eigenvalue weighted by atomic mass is 9.96. The third-order valence-corrected chi connectivity index (χ3v) is 16.1. The van der Waals surface area contributed by atoms with Crippen molar-refractivity contribution in [1.29, 1.82) is 0 Å². The molecule has 3 fully saturated rings. The van der Waals surface area contributed by atoms with Gasteiger partial charge >= 0.3 is 0 Å². The number of hydrogen-bond acceptors (Lipinski definition) is 18. The summed E-state index contributed by atoms with van der Waals surface area (Å²) in [4.78, 5) is 13.4. The summed E-state index contributed by atoms with van der Waals surface area (Å²) in [5.74, 6) is -0.245. The highest BCUT2D eigenvalue weighted by Gasteiger charge is 2.53. The number of amides is 1. The van der Waals surface area contributed by atoms with Gasteiger partial charge < -0.3 is 89.9 Å². The van der Waals surface area contributed by atoms with E-state index in [1.54, 1.807) is 0 Å². The van der Waals surface area contributed by atoms with E-state index in [-0.39, 0.29) is 18.9 Å². The summed E-state index contributed by atoms with van der Waals surface area (Å²) in [5.41, 5.74) is 0. The molecule has 19 nitrogen and oxygen atoms in total. The van der Waals surface area contributed by atoms with Crippen molar-refractivity contribution in [3.63, 3.8) is 0 Å². The second-order valence-electron chi connectivity index (χ2n) is 22.9. The van der Waals surface area contributed by atoms with Crippen LogP contribution in [0.15, 0.2) is 12.2 Å². The first-order valence-corrected chi connectivity index (χ1v) is 31.4. The highest BCUT2D eigenvalue weighted by Crippen LogP contribution is 2.33. The maximum atomic E-state index is 13.4. The molecule has 3 rings (SSSR count). The van der Waals surface area contributed by atoms with Gasteiger partial charge in [-0.2, -0.15) is 0 Å². The van der Waals surface area contributed by atoms with Gasteiger partial charge in [-0.25, -0.2) is 0 Å². The normalized spacial score (nSPS) is 30.3. The molecule has 3 aliphatic heterocycles. The Balaban J connectivity index is 1.48. The van der Waals surface area contributed by atoms with Crippen molar-refractivity contribution in [3.05, 3.63) is 12.2 Å². The van der Waals surface area contributed by atoms with Gasteiger partial charge in [-0.3, -0.25) is 4.79 Å². The molecule has 17 atom stereocenters. The van der Waals surface area contributed by atoms with Crippen LogP contribution in [0.2, 0.25) is 0 Å². The van der Waals surface area contributed by atoms with Gasteiger partial charge in [0.05, 0.1) is 38.6 Å². The Kier molecular flexibility index (Phi) is 40.1. The van der Waals surface area contributed by atoms with Gasteiger partial charge in [0.15, 0.2) is 18.9 Å². The number of allylic oxidation sites excluding steroid dienone is 2. The van der Waals surface area contributed by atoms with Crippen LogP contribution >= 0.6 is 0 Å². The minimum atomic E-state index is -1.97. The van der Waals surface area contributed by atoms with E-state index in [0.717, 1.165) is 57.8 Å². The zero-order valence-corrected chi connectivity index (χ0v) is 48.6. The van der Waals surface area contributed by atoms with E-state index in [4.69, 9.17) is 28.4 Å². The van der Waals surface area contributed by atoms with Crippen LogP contribution in [0.5, 0.6) is 0 Å². The van der Waals surface area contributed by atoms with Gasteiger partial charge in [0.25, 0.3) is 0 Å². The third kappa shape index (κ3) is 27.9. The van der Waals surface area contributed by atoms with Gasteiger partial charge in [-0.15, -0.1) is 0 Å². The van der Waals surface area contributed by atoms with Crippen molar-refractivity contribution in [2.45, 2.75) is 336 Å². The number of rotatable bonds is 47. The molecule has 19 heteroatoms. The van der Waals surface area contributed by atoms with Crippen molar-refractivity contribution in [2.75, 3.05) is 26.4 Å². The Bertz CT molecular complexity index is 1500. The Morgan fingerprint density at radius 2 is 0.797 bits per heavy atom. The SMILES string of the molecule is CCCCCCCCC/C=C\CCCCCCCCCC(=O)NC(COC1OC(CO)C(OC2OC(CO)C(OC3OC(CO)C(O)C(O)C3O)C(O)C2O)C(O)C1O)C(O)CCCCCCCCCCCCCCCCCC. The van der Waals surface area contributed by atoms with Gasteiger partial charge in [-0.1, -0.05) is 199 Å². The molecule has 0 saturated carbocycles. The quantitative estimate of drug-likeness (QED) is 0.0240. The van der Waals surface area contributed by atoms with E-state index >= 15 is 0 Å². The second kappa shape index (κ2) is 44.1. The smallest absolute Gasteiger partial charge is 0.220 e. The zero-order valence-electron chi connectivity index (χ0n) is 48.6. The molecular formula is C60H113NO18. The number of hydrogen-bond donors (Lipinski definition) is 12. The first-order valence-electron chi connectivity index (χ1n) is 31.4. The van der Waals surface area contributed by atoms with Crippen LogP contribution in [-0.2, 0) is 33.2 Å². The summed E-state index contributed by atoms with van der Waals surface area (Å²) in [6.45, 7) is 1.80. The Morgan fingerprint density at radius 1 is 0.443 bits per heavy atom. The molecule has 1 amide bonds. The van der Waals surface area contributed by atoms with Gasteiger partial charge in [0.1, 0.15) is 73.2 Å². The standard InChI is InChI=1S/C60H113NO18/c1-3-5-7-9-11-13-15-17-19-21-22-24-26-28-30-32-34-36-38-48(66)61-43(44(65)37-35-33-31-29-27-25-23-20-18-16-14-12-10-8-6-4-2)42-74-58-54(72)51(69)56(46(40-63)76-58)79-60-55(73)52(70)57(47(41-64)77-60)78-59-53(71)50(68)49(67)45(39-62)75-59/h19,21,43-47,49-60,62-65,67-73H,3-18,20,22-42H2,1-2H3,(H,61,66)/b21-19-. The molecule has 0 radical (unpaired) electrons. The fraction of sp³-hybridized carbons (Fsp3) is 0.950. The molecule has 0 spiro atoms. The van der Waals surface area contributed by atoms with Crippen LogP contribution in [-0.4, -0.2) is 193 Å². The maximum Gasteiger partial charge on any atom is 0.220 e. The summed E-state index contributed by atoms with van der Waals surface area (Å²) in [5, 5.41) is 120. The number of carbonyl (C=O) groups excluding carboxylic acids is 1. The van der Waals surface area contributed by atoms with Crippen molar-refractivity contribution < 1.29 is 89.4 Å². The predicted molar refractivity (Wildman–Crippen MR) is 300 cm³/mol. The van der Waals surface area contributed by atoms with E-state index in [0.29, 0.717) is 12.8 Å². The summed E-state index contributed by atoms with van der Waals surface area (Å²) in [7, 11) is 0. The molecule has 0 aromatic heterocycles. The minimum Gasteiger partial charge on any atom is -0.394 e. The van der Waals surface area contributed by atoms with Crippen molar-refractivity contribution in [1.82, 2.24) is 5.32 Å². The van der Waals surface area contributed by atoms with E-state index in [2.05, 4.69) is 31.3 Å². The van der Waals surface area contributed by atoms with Crippen molar-refractivity contribution in [3.8, 4) is 0 Å². The number of unbranched alkanes of at least 4 members (excludes halogenated alkanes) is 29. The van der Waals surface area contributed by atoms with Crippen molar-refractivity contribution in [2.24, 2.45) is 0 Å². The molecule has 0 aliphatic carbocycles. The van der Waals surface area contributed by atoms with Crippen LogP contribution in [0.4, 0.5) is 0 Å². The summed E-state index contributed by atoms with van der Waals surface area (Å²) in [6, 6.07) is -0.885. The largest absolute Gasteiger partial charge is 0.394 e. The van der Waals surface area contributed by atoms with Crippen molar-refractivity contribution >= 4 is 5.91 Å². The summed E-state index contributed by atoms with van der Waals surface area (Å²) in [6.07, 6.45) is 17.1. The fourth-order valence-corrected chi connectivity index (χ4v) is 10.9. The number of aliphatic hydroxyl groups excluding tert-OH is 11. The van der Waals surface area contributed by atoms with Gasteiger partial charge in [0.2, 0.25) is 5.91 Å². The zero-order chi connectivity index (χ0) is 57.6. The van der Waals surface area contributed by atoms with Crippen LogP contribution < -0.4 is 5.32 Å². The molecule has 3 saturated heterocycles. The fourth-order valence-electron chi connectivity index (χ4n) is 10.9. The predicted octanol–water partition coefficient (Wildman–Crippen LogP) is 6.16. The number of aliphatic hydroxyl groups is 11. The lowest BCUT2D eigenvalue weighted by Gasteiger charge is -2.48. The lowest BCUT2D eigenvalue weighted by Crippen LogP contribution is -2.66. The lowest BCUT2D eigenvalue weighted by molar-refractivity contribution is -0.379. The van der Waals surface area contributed by atoms with Gasteiger partial charge in [0, 0.05) is 6.42 Å². The molecular weight excluding hydrogens is 1020 g/mol. The van der Waals surface area contributed by atoms with E-state index in [1.165, 1.54) is 141 Å². The number of nitrogens with one attached hydrogen (secondary N) is 1. The monoisotopic (exact) mass is 1140 g/mol. The highest BCUT2D eigenvalue weighted by molar-refractivity contribution is 5.76. The van der Waals surface area contributed by atoms with Gasteiger partial charge in [-0.05, 0) is 38.5 Å². The molecule has 0 aromatic carbocycles.